The van der Waals surface area contributed by atoms with Crippen LogP contribution >= 0.6 is 12.6 Å². The van der Waals surface area contributed by atoms with Gasteiger partial charge >= 0.3 is 6.18 Å². The van der Waals surface area contributed by atoms with Gasteiger partial charge in [-0.25, -0.2) is 4.98 Å². The minimum absolute atomic E-state index is 0.0276. The molecule has 0 bridgehead atoms. The number of rotatable bonds is 13. The van der Waals surface area contributed by atoms with E-state index in [9.17, 15) is 42.0 Å². The molecule has 3 aliphatic heterocycles. The molecule has 3 N–H and O–H groups in total. The summed E-state index contributed by atoms with van der Waals surface area (Å²) in [5, 5.41) is 17.6. The Hall–Kier alpha value is -5.41. The lowest BCUT2D eigenvalue weighted by atomic mass is 9.93. The number of carbonyl (C=O) groups excluding carboxylic acids is 4. The molecule has 0 aliphatic carbocycles. The number of hydrogen-bond acceptors (Lipinski definition) is 11. The highest BCUT2D eigenvalue weighted by Gasteiger charge is 2.52. The summed E-state index contributed by atoms with van der Waals surface area (Å²) in [5.74, 6) is -0.558. The lowest BCUT2D eigenvalue weighted by Gasteiger charge is -2.35. The fraction of sp³-hybridized carbons (Fsp3) is 0.463. The van der Waals surface area contributed by atoms with Crippen LogP contribution in [0, 0.1) is 17.2 Å². The van der Waals surface area contributed by atoms with Crippen molar-refractivity contribution in [2.75, 3.05) is 46.8 Å². The number of nitrogens with one attached hydrogen (secondary N) is 3. The van der Waals surface area contributed by atoms with Gasteiger partial charge in [0.25, 0.3) is 5.91 Å². The Balaban J connectivity index is 1.02. The van der Waals surface area contributed by atoms with E-state index in [0.29, 0.717) is 66.5 Å². The van der Waals surface area contributed by atoms with Crippen LogP contribution in [-0.4, -0.2) is 83.0 Å². The van der Waals surface area contributed by atoms with E-state index in [1.807, 2.05) is 6.92 Å². The molecule has 3 fully saturated rings. The first-order valence-corrected chi connectivity index (χ1v) is 19.9. The lowest BCUT2D eigenvalue weighted by molar-refractivity contribution is -0.138. The van der Waals surface area contributed by atoms with Gasteiger partial charge in [-0.15, -0.1) is 12.6 Å². The Labute approximate surface area is 344 Å². The molecule has 0 saturated carbocycles. The molecule has 6 rings (SSSR count). The molecule has 4 amide bonds. The summed E-state index contributed by atoms with van der Waals surface area (Å²) < 4.78 is 61.2. The minimum atomic E-state index is -4.87. The maximum atomic E-state index is 13.8. The van der Waals surface area contributed by atoms with Gasteiger partial charge in [-0.05, 0) is 113 Å². The van der Waals surface area contributed by atoms with Crippen molar-refractivity contribution in [2.45, 2.75) is 88.6 Å². The van der Waals surface area contributed by atoms with E-state index < -0.39 is 53.1 Å². The minimum Gasteiger partial charge on any atom is -0.493 e. The number of amides is 4. The summed E-state index contributed by atoms with van der Waals surface area (Å²) in [6.45, 7) is 6.20. The van der Waals surface area contributed by atoms with E-state index in [-0.39, 0.29) is 36.3 Å². The number of hydrogen-bond donors (Lipinski definition) is 4. The van der Waals surface area contributed by atoms with Crippen molar-refractivity contribution in [3.05, 3.63) is 71.5 Å². The standard InChI is InChI=1S/C41H46F4N8O5S/c1-24(36(55)49-28-6-4-5-27(20-28)48-32-8-10-35(54)50-37(32)56)51-16-12-25(13-17-51)14-18-58-34-9-7-29(19-26(34)11-15-42)53-39(59)52(38(57)40(53,2)3)30-21-31(41(43,44)45)33(22-46)47-23-30/h4-7,9,19-21,23-25,32,39,48,59H,8,10-18H2,1-3H3,(H,49,55)(H,50,54,56)/t24-,32-,39+/m0/s1. The third-order valence-electron chi connectivity index (χ3n) is 11.1. The average Bonchev–Trinajstić information content (AvgIpc) is 3.37. The predicted molar refractivity (Wildman–Crippen MR) is 216 cm³/mol. The van der Waals surface area contributed by atoms with Gasteiger partial charge < -0.3 is 20.3 Å². The predicted octanol–water partition coefficient (Wildman–Crippen LogP) is 6.05. The molecule has 0 spiro atoms. The van der Waals surface area contributed by atoms with Crippen molar-refractivity contribution in [3.63, 3.8) is 0 Å². The summed E-state index contributed by atoms with van der Waals surface area (Å²) in [6.07, 6.45) is -0.741. The van der Waals surface area contributed by atoms with Crippen LogP contribution in [0.15, 0.2) is 54.7 Å². The molecule has 2 aromatic carbocycles. The zero-order valence-corrected chi connectivity index (χ0v) is 33.7. The van der Waals surface area contributed by atoms with Crippen LogP contribution in [0.4, 0.5) is 40.3 Å². The van der Waals surface area contributed by atoms with Gasteiger partial charge in [0.1, 0.15) is 23.4 Å². The van der Waals surface area contributed by atoms with E-state index >= 15 is 0 Å². The van der Waals surface area contributed by atoms with Crippen LogP contribution in [-0.2, 0) is 31.8 Å². The molecule has 4 heterocycles. The molecule has 3 atom stereocenters. The summed E-state index contributed by atoms with van der Waals surface area (Å²) in [5.41, 5.74) is -2.30. The first kappa shape index (κ1) is 43.2. The summed E-state index contributed by atoms with van der Waals surface area (Å²) >= 11 is 4.65. The van der Waals surface area contributed by atoms with Crippen LogP contribution in [0.3, 0.4) is 0 Å². The molecule has 0 unspecified atom stereocenters. The van der Waals surface area contributed by atoms with Crippen molar-refractivity contribution in [1.29, 1.82) is 5.26 Å². The quantitative estimate of drug-likeness (QED) is 0.0907. The molecule has 13 nitrogen and oxygen atoms in total. The molecule has 59 heavy (non-hydrogen) atoms. The molecular formula is C41H46F4N8O5S. The highest BCUT2D eigenvalue weighted by Crippen LogP contribution is 2.43. The molecule has 3 saturated heterocycles. The molecule has 18 heteroatoms. The SMILES string of the molecule is C[C@@H](C(=O)Nc1cccc(N[C@H]2CCC(=O)NC2=O)c1)N1CCC(CCOc2ccc(N3[C@H](S)N(c4cnc(C#N)c(C(F)(F)F)c4)C(=O)C3(C)C)cc2CCF)CC1. The zero-order chi connectivity index (χ0) is 42.6. The van der Waals surface area contributed by atoms with Gasteiger partial charge in [0, 0.05) is 29.9 Å². The Bertz CT molecular complexity index is 2120. The van der Waals surface area contributed by atoms with E-state index in [0.717, 1.165) is 30.4 Å². The number of thiol groups is 1. The second kappa shape index (κ2) is 17.8. The molecule has 1 aromatic heterocycles. The van der Waals surface area contributed by atoms with E-state index in [4.69, 9.17) is 4.74 Å². The number of nitrogens with zero attached hydrogens (tertiary/aromatic N) is 5. The number of anilines is 4. The number of piperidine rings is 2. The zero-order valence-electron chi connectivity index (χ0n) is 32.8. The van der Waals surface area contributed by atoms with Gasteiger partial charge in [0.2, 0.25) is 17.7 Å². The average molecular weight is 839 g/mol. The first-order valence-electron chi connectivity index (χ1n) is 19.4. The summed E-state index contributed by atoms with van der Waals surface area (Å²) in [6, 6.07) is 13.4. The van der Waals surface area contributed by atoms with Crippen molar-refractivity contribution in [1.82, 2.24) is 15.2 Å². The second-order valence-corrected chi connectivity index (χ2v) is 15.9. The third-order valence-corrected chi connectivity index (χ3v) is 11.6. The van der Waals surface area contributed by atoms with E-state index in [2.05, 4.69) is 38.5 Å². The van der Waals surface area contributed by atoms with E-state index in [1.54, 1.807) is 61.2 Å². The van der Waals surface area contributed by atoms with Crippen LogP contribution in [0.2, 0.25) is 0 Å². The number of ether oxygens (including phenoxy) is 1. The highest BCUT2D eigenvalue weighted by atomic mass is 32.1. The molecule has 3 aliphatic rings. The van der Waals surface area contributed by atoms with Gasteiger partial charge in [0.15, 0.2) is 11.2 Å². The maximum Gasteiger partial charge on any atom is 0.419 e. The fourth-order valence-corrected chi connectivity index (χ4v) is 8.41. The van der Waals surface area contributed by atoms with Crippen molar-refractivity contribution >= 4 is 59.0 Å². The first-order chi connectivity index (χ1) is 28.0. The number of aromatic nitrogens is 1. The Morgan fingerprint density at radius 3 is 2.49 bits per heavy atom. The van der Waals surface area contributed by atoms with Crippen molar-refractivity contribution < 1.29 is 41.5 Å². The van der Waals surface area contributed by atoms with Gasteiger partial charge in [-0.1, -0.05) is 6.07 Å². The number of alkyl halides is 4. The van der Waals surface area contributed by atoms with Gasteiger partial charge in [-0.2, -0.15) is 18.4 Å². The summed E-state index contributed by atoms with van der Waals surface area (Å²) in [7, 11) is 0. The normalized spacial score (nSPS) is 20.6. The molecule has 314 valence electrons. The number of aryl methyl sites for hydroxylation is 1. The Morgan fingerprint density at radius 2 is 1.81 bits per heavy atom. The topological polar surface area (TPSA) is 160 Å². The highest BCUT2D eigenvalue weighted by molar-refractivity contribution is 7.81. The van der Waals surface area contributed by atoms with E-state index in [1.165, 1.54) is 6.07 Å². The molecule has 3 aromatic rings. The maximum absolute atomic E-state index is 13.8. The Kier molecular flexibility index (Phi) is 13.1. The number of benzene rings is 2. The van der Waals surface area contributed by atoms with Crippen LogP contribution in [0.1, 0.15) is 69.7 Å². The fourth-order valence-electron chi connectivity index (χ4n) is 7.75. The molecular weight excluding hydrogens is 793 g/mol. The smallest absolute Gasteiger partial charge is 0.419 e. The number of imide groups is 1. The number of likely N-dealkylation sites (tertiary alicyclic amines) is 1. The van der Waals surface area contributed by atoms with Crippen molar-refractivity contribution in [2.24, 2.45) is 5.92 Å². The summed E-state index contributed by atoms with van der Waals surface area (Å²) in [4.78, 5) is 59.1. The Morgan fingerprint density at radius 1 is 1.08 bits per heavy atom. The monoisotopic (exact) mass is 838 g/mol. The largest absolute Gasteiger partial charge is 0.493 e. The second-order valence-electron chi connectivity index (χ2n) is 15.4. The van der Waals surface area contributed by atoms with Crippen molar-refractivity contribution in [3.8, 4) is 11.8 Å². The number of nitriles is 1. The number of pyridine rings is 1. The van der Waals surface area contributed by atoms with Crippen LogP contribution < -0.4 is 30.5 Å². The van der Waals surface area contributed by atoms with Gasteiger partial charge in [0.05, 0.1) is 36.8 Å². The van der Waals surface area contributed by atoms with Crippen LogP contribution in [0.5, 0.6) is 5.75 Å². The number of halogens is 4. The van der Waals surface area contributed by atoms with Gasteiger partial charge in [-0.3, -0.25) is 38.7 Å². The third kappa shape index (κ3) is 9.57. The van der Waals surface area contributed by atoms with Crippen LogP contribution in [0.25, 0.3) is 0 Å². The lowest BCUT2D eigenvalue weighted by Crippen LogP contribution is -2.47. The molecule has 0 radical (unpaired) electrons. The number of carbonyl (C=O) groups is 4.